The van der Waals surface area contributed by atoms with E-state index in [0.717, 1.165) is 61.7 Å². The SMILES string of the molecule is CC(C)(C)c1nnc(C2CCC(N)CC2)o1.CC(C)(C)c1nnc(C2CCC(NS(=O)(=O)c3ccc(Cl)c([N+](=O)[O-])c3)CC2)o1.O=[N+]([O-])c1cc(S(=O)(=O)Cl)ccc1Cl. The molecule has 0 spiro atoms. The summed E-state index contributed by atoms with van der Waals surface area (Å²) in [5.74, 6) is 3.22. The van der Waals surface area contributed by atoms with Gasteiger partial charge in [-0.15, -0.1) is 20.4 Å². The molecule has 2 aliphatic rings. The van der Waals surface area contributed by atoms with Crippen molar-refractivity contribution in [1.82, 2.24) is 25.1 Å². The van der Waals surface area contributed by atoms with Crippen LogP contribution in [0.3, 0.4) is 0 Å². The number of nitrogens with two attached hydrogens (primary N) is 1. The molecule has 0 atom stereocenters. The Kier molecular flexibility index (Phi) is 15.7. The van der Waals surface area contributed by atoms with Crippen LogP contribution in [-0.2, 0) is 29.9 Å². The van der Waals surface area contributed by atoms with Crippen LogP contribution >= 0.6 is 33.9 Å². The van der Waals surface area contributed by atoms with Crippen LogP contribution in [0.5, 0.6) is 0 Å². The molecule has 18 nitrogen and oxygen atoms in total. The van der Waals surface area contributed by atoms with Crippen molar-refractivity contribution in [2.75, 3.05) is 0 Å². The number of rotatable bonds is 8. The number of nitro groups is 2. The summed E-state index contributed by atoms with van der Waals surface area (Å²) in [7, 11) is -2.87. The predicted molar refractivity (Wildman–Crippen MR) is 220 cm³/mol. The average molecular weight is 922 g/mol. The Balaban J connectivity index is 0.000000216. The van der Waals surface area contributed by atoms with Crippen molar-refractivity contribution in [2.45, 2.75) is 137 Å². The van der Waals surface area contributed by atoms with Gasteiger partial charge in [-0.3, -0.25) is 20.2 Å². The number of hydrogen-bond acceptors (Lipinski definition) is 15. The van der Waals surface area contributed by atoms with Crippen LogP contribution in [0.4, 0.5) is 11.4 Å². The molecule has 3 N–H and O–H groups in total. The number of halogens is 3. The van der Waals surface area contributed by atoms with E-state index in [1.54, 1.807) is 0 Å². The van der Waals surface area contributed by atoms with Crippen molar-refractivity contribution >= 4 is 64.3 Å². The second-order valence-corrected chi connectivity index (χ2v) is 21.4. The van der Waals surface area contributed by atoms with E-state index in [-0.39, 0.29) is 42.6 Å². The molecular weight excluding hydrogens is 875 g/mol. The summed E-state index contributed by atoms with van der Waals surface area (Å²) in [6.07, 6.45) is 6.91. The zero-order valence-corrected chi connectivity index (χ0v) is 37.1. The van der Waals surface area contributed by atoms with Gasteiger partial charge in [-0.2, -0.15) is 0 Å². The first kappa shape index (κ1) is 47.9. The topological polar surface area (TPSA) is 270 Å². The van der Waals surface area contributed by atoms with Crippen molar-refractivity contribution < 1.29 is 35.5 Å². The van der Waals surface area contributed by atoms with E-state index in [1.165, 1.54) is 12.1 Å². The Morgan fingerprint density at radius 3 is 1.44 bits per heavy atom. The smallest absolute Gasteiger partial charge is 0.289 e. The van der Waals surface area contributed by atoms with Gasteiger partial charge in [-0.1, -0.05) is 64.7 Å². The van der Waals surface area contributed by atoms with Gasteiger partial charge in [0.05, 0.1) is 19.6 Å². The maximum atomic E-state index is 12.6. The Bertz CT molecular complexity index is 2330. The summed E-state index contributed by atoms with van der Waals surface area (Å²) < 4.78 is 61.1. The fourth-order valence-corrected chi connectivity index (χ4v) is 8.57. The molecule has 2 saturated carbocycles. The number of nitrogens with zero attached hydrogens (tertiary/aromatic N) is 6. The zero-order valence-electron chi connectivity index (χ0n) is 33.2. The number of aromatic nitrogens is 4. The molecule has 2 aromatic heterocycles. The van der Waals surface area contributed by atoms with Crippen LogP contribution < -0.4 is 10.5 Å². The lowest BCUT2D eigenvalue weighted by Crippen LogP contribution is -2.37. The maximum Gasteiger partial charge on any atom is 0.289 e. The number of sulfonamides is 1. The van der Waals surface area contributed by atoms with Gasteiger partial charge in [-0.25, -0.2) is 21.6 Å². The van der Waals surface area contributed by atoms with E-state index < -0.39 is 40.3 Å². The molecule has 2 aliphatic carbocycles. The lowest BCUT2D eigenvalue weighted by atomic mass is 9.86. The normalized spacial score (nSPS) is 20.1. The first-order chi connectivity index (χ1) is 27.3. The fraction of sp³-hybridized carbons (Fsp3) is 0.556. The van der Waals surface area contributed by atoms with E-state index >= 15 is 0 Å². The second kappa shape index (κ2) is 19.3. The molecule has 23 heteroatoms. The Hall–Kier alpha value is -3.79. The van der Waals surface area contributed by atoms with E-state index in [2.05, 4.69) is 45.9 Å². The first-order valence-corrected chi connectivity index (χ1v) is 23.1. The molecule has 0 bridgehead atoms. The van der Waals surface area contributed by atoms with Gasteiger partial charge < -0.3 is 14.6 Å². The first-order valence-electron chi connectivity index (χ1n) is 18.5. The van der Waals surface area contributed by atoms with E-state index in [1.807, 2.05) is 20.8 Å². The standard InChI is InChI=1S/C18H23ClN4O5S.C12H21N3O.C6H3Cl2NO4S/c1-18(2,3)17-21-20-16(28-17)11-4-6-12(7-5-11)22-29(26,27)13-8-9-14(19)15(10-13)23(24)25;1-12(2,3)11-15-14-10(16-11)8-4-6-9(13)7-5-8;7-5-2-1-4(14(8,12)13)3-6(5)9(10)11/h8-12,22H,4-7H2,1-3H3;8-9H,4-7,13H2,1-3H3;1-3H. The average Bonchev–Trinajstić information content (AvgIpc) is 3.84. The van der Waals surface area contributed by atoms with Crippen LogP contribution in [0.25, 0.3) is 0 Å². The summed E-state index contributed by atoms with van der Waals surface area (Å²) >= 11 is 11.2. The molecule has 0 aliphatic heterocycles. The van der Waals surface area contributed by atoms with Gasteiger partial charge in [0.25, 0.3) is 20.4 Å². The molecule has 0 radical (unpaired) electrons. The largest absolute Gasteiger partial charge is 0.424 e. The van der Waals surface area contributed by atoms with Crippen LogP contribution in [-0.4, -0.2) is 59.2 Å². The van der Waals surface area contributed by atoms with Gasteiger partial charge in [0.15, 0.2) is 0 Å². The summed E-state index contributed by atoms with van der Waals surface area (Å²) in [4.78, 5) is 19.4. The van der Waals surface area contributed by atoms with Gasteiger partial charge in [-0.05, 0) is 75.6 Å². The number of nitro benzene ring substituents is 2. The molecule has 0 amide bonds. The molecule has 6 rings (SSSR count). The monoisotopic (exact) mass is 920 g/mol. The lowest BCUT2D eigenvalue weighted by molar-refractivity contribution is -0.385. The molecule has 2 aromatic carbocycles. The number of hydrogen-bond donors (Lipinski definition) is 2. The van der Waals surface area contributed by atoms with E-state index in [0.29, 0.717) is 49.4 Å². The molecular formula is C36H47Cl3N8O10S2. The van der Waals surface area contributed by atoms with E-state index in [4.69, 9.17) is 48.5 Å². The zero-order chi connectivity index (χ0) is 44.1. The molecule has 2 fully saturated rings. The third-order valence-electron chi connectivity index (χ3n) is 9.50. The van der Waals surface area contributed by atoms with Gasteiger partial charge in [0, 0.05) is 57.6 Å². The Morgan fingerprint density at radius 1 is 0.678 bits per heavy atom. The van der Waals surface area contributed by atoms with Crippen LogP contribution in [0.2, 0.25) is 10.0 Å². The maximum absolute atomic E-state index is 12.6. The number of benzene rings is 2. The predicted octanol–water partition coefficient (Wildman–Crippen LogP) is 8.46. The molecule has 324 valence electrons. The highest BCUT2D eigenvalue weighted by molar-refractivity contribution is 8.13. The van der Waals surface area contributed by atoms with Crippen LogP contribution in [0, 0.1) is 20.2 Å². The number of nitrogens with one attached hydrogen (secondary N) is 1. The fourth-order valence-electron chi connectivity index (χ4n) is 6.10. The third kappa shape index (κ3) is 13.3. The molecule has 0 unspecified atom stereocenters. The highest BCUT2D eigenvalue weighted by Crippen LogP contribution is 2.36. The van der Waals surface area contributed by atoms with E-state index in [9.17, 15) is 37.1 Å². The molecule has 4 aromatic rings. The van der Waals surface area contributed by atoms with Crippen molar-refractivity contribution in [3.63, 3.8) is 0 Å². The Morgan fingerprint density at radius 2 is 1.07 bits per heavy atom. The second-order valence-electron chi connectivity index (χ2n) is 16.4. The summed E-state index contributed by atoms with van der Waals surface area (Å²) in [5.41, 5.74) is 4.67. The third-order valence-corrected chi connectivity index (χ3v) is 13.0. The minimum Gasteiger partial charge on any atom is -0.424 e. The highest BCUT2D eigenvalue weighted by Gasteiger charge is 2.32. The summed E-state index contributed by atoms with van der Waals surface area (Å²) in [6.45, 7) is 12.2. The quantitative estimate of drug-likeness (QED) is 0.0953. The summed E-state index contributed by atoms with van der Waals surface area (Å²) in [6, 6.07) is 6.56. The summed E-state index contributed by atoms with van der Waals surface area (Å²) in [5, 5.41) is 37.7. The van der Waals surface area contributed by atoms with Gasteiger partial charge in [0.1, 0.15) is 10.0 Å². The van der Waals surface area contributed by atoms with Crippen molar-refractivity contribution in [2.24, 2.45) is 5.73 Å². The Labute approximate surface area is 356 Å². The van der Waals surface area contributed by atoms with Gasteiger partial charge in [0.2, 0.25) is 33.6 Å². The molecule has 59 heavy (non-hydrogen) atoms. The van der Waals surface area contributed by atoms with Crippen LogP contribution in [0.1, 0.15) is 128 Å². The lowest BCUT2D eigenvalue weighted by Gasteiger charge is -2.27. The molecule has 2 heterocycles. The minimum absolute atomic E-state index is 0.0592. The van der Waals surface area contributed by atoms with Crippen molar-refractivity contribution in [3.05, 3.63) is 90.2 Å². The van der Waals surface area contributed by atoms with Crippen LogP contribution in [0.15, 0.2) is 55.0 Å². The van der Waals surface area contributed by atoms with Gasteiger partial charge >= 0.3 is 0 Å². The van der Waals surface area contributed by atoms with Crippen molar-refractivity contribution in [1.29, 1.82) is 0 Å². The van der Waals surface area contributed by atoms with Crippen molar-refractivity contribution in [3.8, 4) is 0 Å². The highest BCUT2D eigenvalue weighted by atomic mass is 35.7. The molecule has 0 saturated heterocycles. The minimum atomic E-state index is -3.97.